The minimum Gasteiger partial charge on any atom is -0.324 e. The SMILES string of the molecule is CN(CC(=O)Nc1cc(S(C)(=O)=O)ccc1Cl)C1CCc2ccccc21. The summed E-state index contributed by atoms with van der Waals surface area (Å²) in [6.07, 6.45) is 3.11. The second-order valence-electron chi connectivity index (χ2n) is 6.63. The highest BCUT2D eigenvalue weighted by molar-refractivity contribution is 7.90. The summed E-state index contributed by atoms with van der Waals surface area (Å²) in [5.41, 5.74) is 2.90. The fourth-order valence-corrected chi connectivity index (χ4v) is 4.16. The van der Waals surface area contributed by atoms with Crippen molar-refractivity contribution in [1.29, 1.82) is 0 Å². The molecule has 7 heteroatoms. The summed E-state index contributed by atoms with van der Waals surface area (Å²) < 4.78 is 23.4. The van der Waals surface area contributed by atoms with E-state index in [1.165, 1.54) is 29.3 Å². The van der Waals surface area contributed by atoms with Gasteiger partial charge in [-0.2, -0.15) is 0 Å². The third-order valence-electron chi connectivity index (χ3n) is 4.67. The van der Waals surface area contributed by atoms with Crippen molar-refractivity contribution in [2.45, 2.75) is 23.8 Å². The van der Waals surface area contributed by atoms with Crippen LogP contribution >= 0.6 is 11.6 Å². The van der Waals surface area contributed by atoms with Gasteiger partial charge in [-0.3, -0.25) is 9.69 Å². The van der Waals surface area contributed by atoms with Gasteiger partial charge in [0.05, 0.1) is 22.2 Å². The maximum atomic E-state index is 12.4. The molecule has 3 rings (SSSR count). The molecule has 0 aliphatic heterocycles. The van der Waals surface area contributed by atoms with Gasteiger partial charge in [-0.25, -0.2) is 8.42 Å². The Kier molecular flexibility index (Phi) is 5.37. The highest BCUT2D eigenvalue weighted by Crippen LogP contribution is 2.34. The number of carbonyl (C=O) groups excluding carboxylic acids is 1. The molecule has 0 saturated carbocycles. The Balaban J connectivity index is 1.70. The lowest BCUT2D eigenvalue weighted by atomic mass is 10.1. The number of amides is 1. The number of anilines is 1. The molecular formula is C19H21ClN2O3S. The highest BCUT2D eigenvalue weighted by atomic mass is 35.5. The monoisotopic (exact) mass is 392 g/mol. The summed E-state index contributed by atoms with van der Waals surface area (Å²) in [7, 11) is -1.45. The van der Waals surface area contributed by atoms with Crippen LogP contribution in [0.15, 0.2) is 47.4 Å². The van der Waals surface area contributed by atoms with Crippen LogP contribution in [0.1, 0.15) is 23.6 Å². The summed E-state index contributed by atoms with van der Waals surface area (Å²) in [6, 6.07) is 12.8. The molecule has 0 saturated heterocycles. The average molecular weight is 393 g/mol. The summed E-state index contributed by atoms with van der Waals surface area (Å²) in [5.74, 6) is -0.232. The van der Waals surface area contributed by atoms with Gasteiger partial charge in [0.2, 0.25) is 5.91 Å². The van der Waals surface area contributed by atoms with Gasteiger partial charge >= 0.3 is 0 Å². The van der Waals surface area contributed by atoms with Crippen LogP contribution in [0.4, 0.5) is 5.69 Å². The van der Waals surface area contributed by atoms with Gasteiger partial charge in [-0.05, 0) is 49.2 Å². The van der Waals surface area contributed by atoms with Crippen LogP contribution in [0.25, 0.3) is 0 Å². The van der Waals surface area contributed by atoms with Crippen LogP contribution in [0.3, 0.4) is 0 Å². The normalized spacial score (nSPS) is 16.5. The van der Waals surface area contributed by atoms with E-state index in [9.17, 15) is 13.2 Å². The fourth-order valence-electron chi connectivity index (χ4n) is 3.35. The van der Waals surface area contributed by atoms with E-state index in [0.29, 0.717) is 10.7 Å². The van der Waals surface area contributed by atoms with Crippen LogP contribution in [0, 0.1) is 0 Å². The first-order valence-electron chi connectivity index (χ1n) is 8.33. The molecule has 0 fully saturated rings. The molecule has 1 aliphatic carbocycles. The van der Waals surface area contributed by atoms with Crippen molar-refractivity contribution in [2.24, 2.45) is 0 Å². The number of carbonyl (C=O) groups is 1. The van der Waals surface area contributed by atoms with Crippen molar-refractivity contribution < 1.29 is 13.2 Å². The van der Waals surface area contributed by atoms with E-state index in [2.05, 4.69) is 17.4 Å². The molecule has 0 radical (unpaired) electrons. The molecule has 1 unspecified atom stereocenters. The Labute approximate surface area is 158 Å². The minimum absolute atomic E-state index is 0.121. The number of aryl methyl sites for hydroxylation is 1. The number of nitrogens with zero attached hydrogens (tertiary/aromatic N) is 1. The van der Waals surface area contributed by atoms with Crippen molar-refractivity contribution in [3.63, 3.8) is 0 Å². The molecule has 0 heterocycles. The first-order valence-corrected chi connectivity index (χ1v) is 10.6. The summed E-state index contributed by atoms with van der Waals surface area (Å²) in [5, 5.41) is 3.03. The van der Waals surface area contributed by atoms with E-state index in [0.717, 1.165) is 19.1 Å². The molecular weight excluding hydrogens is 372 g/mol. The predicted molar refractivity (Wildman–Crippen MR) is 103 cm³/mol. The molecule has 1 N–H and O–H groups in total. The van der Waals surface area contributed by atoms with Crippen molar-refractivity contribution in [2.75, 3.05) is 25.2 Å². The van der Waals surface area contributed by atoms with Crippen molar-refractivity contribution >= 4 is 33.0 Å². The van der Waals surface area contributed by atoms with Crippen LogP contribution in [0.2, 0.25) is 5.02 Å². The van der Waals surface area contributed by atoms with Gasteiger partial charge in [0.1, 0.15) is 0 Å². The van der Waals surface area contributed by atoms with E-state index < -0.39 is 9.84 Å². The van der Waals surface area contributed by atoms with Crippen LogP contribution < -0.4 is 5.32 Å². The second kappa shape index (κ2) is 7.39. The zero-order valence-electron chi connectivity index (χ0n) is 14.7. The molecule has 138 valence electrons. The number of hydrogen-bond donors (Lipinski definition) is 1. The molecule has 1 aliphatic rings. The van der Waals surface area contributed by atoms with Crippen molar-refractivity contribution in [1.82, 2.24) is 4.90 Å². The fraction of sp³-hybridized carbons (Fsp3) is 0.316. The van der Waals surface area contributed by atoms with Crippen LogP contribution in [-0.4, -0.2) is 39.1 Å². The van der Waals surface area contributed by atoms with Crippen molar-refractivity contribution in [3.8, 4) is 0 Å². The van der Waals surface area contributed by atoms with E-state index >= 15 is 0 Å². The Morgan fingerprint density at radius 2 is 2.00 bits per heavy atom. The zero-order valence-corrected chi connectivity index (χ0v) is 16.3. The Hall–Kier alpha value is -1.89. The molecule has 26 heavy (non-hydrogen) atoms. The second-order valence-corrected chi connectivity index (χ2v) is 9.05. The molecule has 1 atom stereocenters. The van der Waals surface area contributed by atoms with Gasteiger partial charge in [0, 0.05) is 12.3 Å². The van der Waals surface area contributed by atoms with Gasteiger partial charge in [-0.1, -0.05) is 35.9 Å². The number of nitrogens with one attached hydrogen (secondary N) is 1. The maximum absolute atomic E-state index is 12.4. The van der Waals surface area contributed by atoms with E-state index in [1.54, 1.807) is 0 Å². The first kappa shape index (κ1) is 18.9. The summed E-state index contributed by atoms with van der Waals surface area (Å²) in [4.78, 5) is 14.6. The third kappa shape index (κ3) is 4.09. The Morgan fingerprint density at radius 1 is 1.27 bits per heavy atom. The van der Waals surface area contributed by atoms with Crippen molar-refractivity contribution in [3.05, 3.63) is 58.6 Å². The number of hydrogen-bond acceptors (Lipinski definition) is 4. The van der Waals surface area contributed by atoms with Gasteiger partial charge < -0.3 is 5.32 Å². The molecule has 0 spiro atoms. The van der Waals surface area contributed by atoms with Gasteiger partial charge in [-0.15, -0.1) is 0 Å². The Morgan fingerprint density at radius 3 is 2.73 bits per heavy atom. The lowest BCUT2D eigenvalue weighted by molar-refractivity contribution is -0.117. The summed E-state index contributed by atoms with van der Waals surface area (Å²) in [6.45, 7) is 0.193. The number of likely N-dealkylation sites (N-methyl/N-ethyl adjacent to an activating group) is 1. The zero-order chi connectivity index (χ0) is 18.9. The largest absolute Gasteiger partial charge is 0.324 e. The number of rotatable bonds is 5. The standard InChI is InChI=1S/C19H21ClN2O3S/c1-22(18-10-7-13-5-3-4-6-15(13)18)12-19(23)21-17-11-14(26(2,24)25)8-9-16(17)20/h3-6,8-9,11,18H,7,10,12H2,1-2H3,(H,21,23). The lowest BCUT2D eigenvalue weighted by Gasteiger charge is -2.24. The topological polar surface area (TPSA) is 66.5 Å². The molecule has 2 aromatic rings. The first-order chi connectivity index (χ1) is 12.3. The van der Waals surface area contributed by atoms with E-state index in [4.69, 9.17) is 11.6 Å². The quantitative estimate of drug-likeness (QED) is 0.847. The van der Waals surface area contributed by atoms with E-state index in [-0.39, 0.29) is 23.4 Å². The number of sulfone groups is 1. The molecule has 2 aromatic carbocycles. The molecule has 1 amide bonds. The number of halogens is 1. The summed E-state index contributed by atoms with van der Waals surface area (Å²) >= 11 is 6.10. The Bertz CT molecular complexity index is 944. The lowest BCUT2D eigenvalue weighted by Crippen LogP contribution is -2.32. The average Bonchev–Trinajstić information content (AvgIpc) is 3.00. The molecule has 0 aromatic heterocycles. The van der Waals surface area contributed by atoms with Gasteiger partial charge in [0.25, 0.3) is 0 Å². The van der Waals surface area contributed by atoms with Gasteiger partial charge in [0.15, 0.2) is 9.84 Å². The third-order valence-corrected chi connectivity index (χ3v) is 6.11. The molecule has 0 bridgehead atoms. The maximum Gasteiger partial charge on any atom is 0.238 e. The molecule has 5 nitrogen and oxygen atoms in total. The number of fused-ring (bicyclic) bond motifs is 1. The van der Waals surface area contributed by atoms with Crippen LogP contribution in [0.5, 0.6) is 0 Å². The minimum atomic E-state index is -3.37. The smallest absolute Gasteiger partial charge is 0.238 e. The van der Waals surface area contributed by atoms with E-state index in [1.807, 2.05) is 24.1 Å². The predicted octanol–water partition coefficient (Wildman–Crippen LogP) is 3.30. The number of benzene rings is 2. The highest BCUT2D eigenvalue weighted by Gasteiger charge is 2.26. The van der Waals surface area contributed by atoms with Crippen LogP contribution in [-0.2, 0) is 21.1 Å².